The van der Waals surface area contributed by atoms with E-state index < -0.39 is 15.4 Å². The third kappa shape index (κ3) is 8.14. The molecule has 60 valence electrons. The fourth-order valence-electron chi connectivity index (χ4n) is 0.668. The van der Waals surface area contributed by atoms with Crippen molar-refractivity contribution in [1.29, 1.82) is 0 Å². The van der Waals surface area contributed by atoms with Crippen molar-refractivity contribution >= 4 is 0 Å². The Labute approximate surface area is 66.1 Å². The fourth-order valence-corrected chi connectivity index (χ4v) is 1.10. The summed E-state index contributed by atoms with van der Waals surface area (Å²) in [7, 11) is 0. The predicted octanol–water partition coefficient (Wildman–Crippen LogP) is 1.81. The van der Waals surface area contributed by atoms with Crippen LogP contribution < -0.4 is 0 Å². The normalized spacial score (nSPS) is 9.70. The van der Waals surface area contributed by atoms with E-state index in [1.165, 1.54) is 0 Å². The first-order valence-electron chi connectivity index (χ1n) is 3.54. The van der Waals surface area contributed by atoms with Crippen molar-refractivity contribution < 1.29 is 26.4 Å². The van der Waals surface area contributed by atoms with E-state index in [2.05, 4.69) is 10.6 Å². The third-order valence-corrected chi connectivity index (χ3v) is 1.81. The molecule has 0 aliphatic heterocycles. The molecule has 3 nitrogen and oxygen atoms in total. The van der Waals surface area contributed by atoms with E-state index in [0.29, 0.717) is 6.61 Å². The summed E-state index contributed by atoms with van der Waals surface area (Å²) in [6.45, 7) is 2.49. The summed E-state index contributed by atoms with van der Waals surface area (Å²) < 4.78 is 24.3. The van der Waals surface area contributed by atoms with Gasteiger partial charge in [0.15, 0.2) is 0 Å². The molecule has 0 unspecified atom stereocenters. The van der Waals surface area contributed by atoms with Crippen LogP contribution in [0.4, 0.5) is 0 Å². The number of hydrogen-bond donors (Lipinski definition) is 0. The molecule has 0 spiro atoms. The molecule has 0 aromatic carbocycles. The Morgan fingerprint density at radius 2 is 1.90 bits per heavy atom. The van der Waals surface area contributed by atoms with E-state index in [4.69, 9.17) is 0 Å². The summed E-state index contributed by atoms with van der Waals surface area (Å²) in [5.74, 6) is 0. The second-order valence-corrected chi connectivity index (χ2v) is 3.22. The Kier molecular flexibility index (Phi) is 7.36. The monoisotopic (exact) mass is 184 g/mol. The SMILES string of the molecule is CCCCCC[O][V](=[O])=[O]. The Bertz CT molecular complexity index is 123. The molecule has 0 radical (unpaired) electrons. The summed E-state index contributed by atoms with van der Waals surface area (Å²) in [5, 5.41) is 0. The first kappa shape index (κ1) is 10.1. The van der Waals surface area contributed by atoms with E-state index in [1.54, 1.807) is 0 Å². The molecule has 4 heteroatoms. The Balaban J connectivity index is 2.91. The second kappa shape index (κ2) is 7.25. The number of hydrogen-bond acceptors (Lipinski definition) is 3. The molecule has 0 N–H and O–H groups in total. The number of unbranched alkanes of at least 4 members (excludes halogenated alkanes) is 3. The van der Waals surface area contributed by atoms with Gasteiger partial charge in [-0.2, -0.15) is 0 Å². The Morgan fingerprint density at radius 1 is 1.20 bits per heavy atom. The zero-order chi connectivity index (χ0) is 7.82. The molecular weight excluding hydrogens is 171 g/mol. The molecule has 0 aliphatic rings. The van der Waals surface area contributed by atoms with Crippen LogP contribution in [0.15, 0.2) is 0 Å². The summed E-state index contributed by atoms with van der Waals surface area (Å²) in [5.41, 5.74) is 0. The van der Waals surface area contributed by atoms with Crippen LogP contribution in [0.25, 0.3) is 0 Å². The minimum atomic E-state index is -3.28. The summed E-state index contributed by atoms with van der Waals surface area (Å²) in [6, 6.07) is 0. The van der Waals surface area contributed by atoms with Crippen molar-refractivity contribution in [2.45, 2.75) is 32.6 Å². The third-order valence-electron chi connectivity index (χ3n) is 1.19. The van der Waals surface area contributed by atoms with Crippen LogP contribution in [0.5, 0.6) is 0 Å². The van der Waals surface area contributed by atoms with Crippen molar-refractivity contribution in [2.24, 2.45) is 0 Å². The van der Waals surface area contributed by atoms with Gasteiger partial charge < -0.3 is 0 Å². The molecule has 0 aromatic heterocycles. The van der Waals surface area contributed by atoms with Crippen LogP contribution in [-0.4, -0.2) is 6.61 Å². The van der Waals surface area contributed by atoms with Gasteiger partial charge in [-0.25, -0.2) is 0 Å². The molecule has 0 amide bonds. The molecule has 0 fully saturated rings. The number of rotatable bonds is 6. The molecule has 0 heterocycles. The van der Waals surface area contributed by atoms with Crippen molar-refractivity contribution in [1.82, 2.24) is 0 Å². The van der Waals surface area contributed by atoms with E-state index in [0.717, 1.165) is 25.7 Å². The van der Waals surface area contributed by atoms with Crippen LogP contribution in [0.2, 0.25) is 0 Å². The van der Waals surface area contributed by atoms with E-state index in [9.17, 15) is 7.35 Å². The van der Waals surface area contributed by atoms with E-state index >= 15 is 0 Å². The zero-order valence-electron chi connectivity index (χ0n) is 6.21. The molecule has 0 bridgehead atoms. The standard InChI is InChI=1S/C6H13O.2O.V/c1-2-3-4-5-6-7;;;/h2-6H2,1H3;;;/q-1;;;+1. The molecule has 0 atom stereocenters. The van der Waals surface area contributed by atoms with Crippen LogP contribution in [-0.2, 0) is 26.4 Å². The summed E-state index contributed by atoms with van der Waals surface area (Å²) >= 11 is -3.28. The summed E-state index contributed by atoms with van der Waals surface area (Å²) in [4.78, 5) is 0. The maximum absolute atomic E-state index is 9.93. The van der Waals surface area contributed by atoms with Gasteiger partial charge in [0, 0.05) is 0 Å². The van der Waals surface area contributed by atoms with Crippen molar-refractivity contribution in [3.05, 3.63) is 0 Å². The van der Waals surface area contributed by atoms with Gasteiger partial charge in [-0.05, 0) is 0 Å². The first-order chi connectivity index (χ1) is 4.77. The van der Waals surface area contributed by atoms with Crippen LogP contribution in [0, 0.1) is 0 Å². The van der Waals surface area contributed by atoms with Gasteiger partial charge in [0.05, 0.1) is 0 Å². The van der Waals surface area contributed by atoms with E-state index in [-0.39, 0.29) is 0 Å². The molecular formula is C6H13O3V. The van der Waals surface area contributed by atoms with Gasteiger partial charge in [0.2, 0.25) is 0 Å². The minimum absolute atomic E-state index is 0.382. The molecule has 0 rings (SSSR count). The molecule has 0 saturated heterocycles. The van der Waals surface area contributed by atoms with Gasteiger partial charge in [0.25, 0.3) is 0 Å². The average molecular weight is 184 g/mol. The van der Waals surface area contributed by atoms with Gasteiger partial charge in [-0.15, -0.1) is 0 Å². The second-order valence-electron chi connectivity index (χ2n) is 2.12. The summed E-state index contributed by atoms with van der Waals surface area (Å²) in [6.07, 6.45) is 4.26. The van der Waals surface area contributed by atoms with Gasteiger partial charge in [0.1, 0.15) is 0 Å². The first-order valence-corrected chi connectivity index (χ1v) is 5.25. The maximum atomic E-state index is 9.93. The zero-order valence-corrected chi connectivity index (χ0v) is 7.60. The quantitative estimate of drug-likeness (QED) is 0.591. The average Bonchev–Trinajstić information content (AvgIpc) is 1.87. The molecule has 0 aromatic rings. The fraction of sp³-hybridized carbons (Fsp3) is 1.00. The molecule has 0 saturated carbocycles. The van der Waals surface area contributed by atoms with Gasteiger partial charge in [-0.3, -0.25) is 0 Å². The van der Waals surface area contributed by atoms with Gasteiger partial charge >= 0.3 is 65.6 Å². The predicted molar refractivity (Wildman–Crippen MR) is 31.5 cm³/mol. The Hall–Kier alpha value is 0.144. The van der Waals surface area contributed by atoms with Crippen LogP contribution in [0.1, 0.15) is 32.6 Å². The molecule has 10 heavy (non-hydrogen) atoms. The Morgan fingerprint density at radius 3 is 2.40 bits per heavy atom. The van der Waals surface area contributed by atoms with Crippen molar-refractivity contribution in [3.63, 3.8) is 0 Å². The van der Waals surface area contributed by atoms with E-state index in [1.807, 2.05) is 0 Å². The van der Waals surface area contributed by atoms with Crippen molar-refractivity contribution in [3.8, 4) is 0 Å². The van der Waals surface area contributed by atoms with Crippen molar-refractivity contribution in [2.75, 3.05) is 6.61 Å². The molecule has 0 aliphatic carbocycles. The topological polar surface area (TPSA) is 43.4 Å². The van der Waals surface area contributed by atoms with Crippen LogP contribution in [0.3, 0.4) is 0 Å². The van der Waals surface area contributed by atoms with Gasteiger partial charge in [-0.1, -0.05) is 0 Å². The van der Waals surface area contributed by atoms with Crippen LogP contribution >= 0.6 is 0 Å².